The third-order valence-electron chi connectivity index (χ3n) is 2.60. The lowest BCUT2D eigenvalue weighted by molar-refractivity contribution is -0.138. The fraction of sp³-hybridized carbons (Fsp3) is 0.143. The second kappa shape index (κ2) is 5.32. The van der Waals surface area contributed by atoms with Gasteiger partial charge in [0.1, 0.15) is 11.5 Å². The van der Waals surface area contributed by atoms with Crippen molar-refractivity contribution in [2.45, 2.75) is 12.7 Å². The van der Waals surface area contributed by atoms with Crippen LogP contribution in [0.25, 0.3) is 0 Å². The zero-order valence-corrected chi connectivity index (χ0v) is 9.95. The number of hydrogen-bond acceptors (Lipinski definition) is 2. The molecule has 0 saturated carbocycles. The van der Waals surface area contributed by atoms with E-state index in [1.54, 1.807) is 24.3 Å². The normalized spacial score (nSPS) is 11.4. The lowest BCUT2D eigenvalue weighted by atomic mass is 10.1. The first kappa shape index (κ1) is 13.4. The van der Waals surface area contributed by atoms with Crippen LogP contribution in [0, 0.1) is 0 Å². The molecule has 2 rings (SSSR count). The molecule has 0 radical (unpaired) electrons. The number of benzene rings is 2. The van der Waals surface area contributed by atoms with Crippen molar-refractivity contribution in [3.05, 3.63) is 59.7 Å². The SMILES string of the molecule is NCc1ccccc1Oc1ccccc1C(F)(F)F. The molecule has 0 bridgehead atoms. The summed E-state index contributed by atoms with van der Waals surface area (Å²) in [5.41, 5.74) is 5.37. The molecule has 0 fully saturated rings. The summed E-state index contributed by atoms with van der Waals surface area (Å²) in [4.78, 5) is 0. The highest BCUT2D eigenvalue weighted by atomic mass is 19.4. The van der Waals surface area contributed by atoms with Gasteiger partial charge >= 0.3 is 6.18 Å². The van der Waals surface area contributed by atoms with E-state index in [1.165, 1.54) is 18.2 Å². The maximum absolute atomic E-state index is 12.8. The van der Waals surface area contributed by atoms with E-state index in [4.69, 9.17) is 10.5 Å². The smallest absolute Gasteiger partial charge is 0.419 e. The fourth-order valence-electron chi connectivity index (χ4n) is 1.68. The molecule has 0 atom stereocenters. The Bertz CT molecular complexity index is 567. The molecule has 0 amide bonds. The van der Waals surface area contributed by atoms with Gasteiger partial charge in [-0.2, -0.15) is 13.2 Å². The van der Waals surface area contributed by atoms with Crippen molar-refractivity contribution in [2.24, 2.45) is 5.73 Å². The van der Waals surface area contributed by atoms with Gasteiger partial charge in [-0.3, -0.25) is 0 Å². The van der Waals surface area contributed by atoms with E-state index in [9.17, 15) is 13.2 Å². The van der Waals surface area contributed by atoms with E-state index in [2.05, 4.69) is 0 Å². The molecule has 2 N–H and O–H groups in total. The van der Waals surface area contributed by atoms with E-state index in [0.29, 0.717) is 11.3 Å². The van der Waals surface area contributed by atoms with Crippen LogP contribution in [0.15, 0.2) is 48.5 Å². The van der Waals surface area contributed by atoms with Crippen LogP contribution in [-0.2, 0) is 12.7 Å². The lowest BCUT2D eigenvalue weighted by Crippen LogP contribution is -2.07. The van der Waals surface area contributed by atoms with Crippen molar-refractivity contribution < 1.29 is 17.9 Å². The molecular formula is C14H12F3NO. The monoisotopic (exact) mass is 267 g/mol. The Balaban J connectivity index is 2.39. The van der Waals surface area contributed by atoms with Crippen molar-refractivity contribution in [1.29, 1.82) is 0 Å². The van der Waals surface area contributed by atoms with Crippen LogP contribution in [0.1, 0.15) is 11.1 Å². The summed E-state index contributed by atoms with van der Waals surface area (Å²) in [7, 11) is 0. The summed E-state index contributed by atoms with van der Waals surface area (Å²) < 4.78 is 43.8. The molecule has 19 heavy (non-hydrogen) atoms. The van der Waals surface area contributed by atoms with Gasteiger partial charge in [0.2, 0.25) is 0 Å². The quantitative estimate of drug-likeness (QED) is 0.913. The average Bonchev–Trinajstić information content (AvgIpc) is 2.39. The Labute approximate surface area is 108 Å². The number of hydrogen-bond donors (Lipinski definition) is 1. The number of halogens is 3. The second-order valence-electron chi connectivity index (χ2n) is 3.91. The molecule has 2 nitrogen and oxygen atoms in total. The van der Waals surface area contributed by atoms with Gasteiger partial charge in [0.25, 0.3) is 0 Å². The van der Waals surface area contributed by atoms with E-state index >= 15 is 0 Å². The van der Waals surface area contributed by atoms with Crippen LogP contribution in [0.4, 0.5) is 13.2 Å². The van der Waals surface area contributed by atoms with E-state index in [0.717, 1.165) is 6.07 Å². The molecule has 2 aromatic carbocycles. The number of nitrogens with two attached hydrogens (primary N) is 1. The average molecular weight is 267 g/mol. The summed E-state index contributed by atoms with van der Waals surface area (Å²) in [6.07, 6.45) is -4.45. The highest BCUT2D eigenvalue weighted by Crippen LogP contribution is 2.38. The van der Waals surface area contributed by atoms with Crippen molar-refractivity contribution >= 4 is 0 Å². The third-order valence-corrected chi connectivity index (χ3v) is 2.60. The van der Waals surface area contributed by atoms with Gasteiger partial charge in [-0.25, -0.2) is 0 Å². The van der Waals surface area contributed by atoms with Crippen LogP contribution in [0.2, 0.25) is 0 Å². The molecule has 0 heterocycles. The minimum Gasteiger partial charge on any atom is -0.456 e. The molecule has 0 aliphatic heterocycles. The summed E-state index contributed by atoms with van der Waals surface area (Å²) in [6, 6.07) is 11.8. The number of para-hydroxylation sites is 2. The Morgan fingerprint density at radius 2 is 1.47 bits per heavy atom. The van der Waals surface area contributed by atoms with Gasteiger partial charge in [-0.15, -0.1) is 0 Å². The first-order valence-electron chi connectivity index (χ1n) is 5.64. The number of ether oxygens (including phenoxy) is 1. The molecule has 0 aliphatic rings. The zero-order valence-electron chi connectivity index (χ0n) is 9.95. The molecule has 0 spiro atoms. The topological polar surface area (TPSA) is 35.2 Å². The first-order chi connectivity index (χ1) is 9.02. The maximum Gasteiger partial charge on any atom is 0.419 e. The minimum atomic E-state index is -4.45. The van der Waals surface area contributed by atoms with Crippen molar-refractivity contribution in [3.63, 3.8) is 0 Å². The molecule has 0 unspecified atom stereocenters. The molecule has 2 aromatic rings. The Morgan fingerprint density at radius 3 is 2.11 bits per heavy atom. The van der Waals surface area contributed by atoms with Crippen LogP contribution < -0.4 is 10.5 Å². The number of alkyl halides is 3. The summed E-state index contributed by atoms with van der Waals surface area (Å²) >= 11 is 0. The number of rotatable bonds is 3. The predicted octanol–water partition coefficient (Wildman–Crippen LogP) is 3.96. The minimum absolute atomic E-state index is 0.199. The molecular weight excluding hydrogens is 255 g/mol. The standard InChI is InChI=1S/C14H12F3NO/c15-14(16,17)11-6-2-4-8-13(11)19-12-7-3-1-5-10(12)9-18/h1-8H,9,18H2. The van der Waals surface area contributed by atoms with E-state index in [1.807, 2.05) is 0 Å². The largest absolute Gasteiger partial charge is 0.456 e. The van der Waals surface area contributed by atoms with Gasteiger partial charge in [0.15, 0.2) is 0 Å². The third kappa shape index (κ3) is 3.06. The van der Waals surface area contributed by atoms with Crippen LogP contribution in [-0.4, -0.2) is 0 Å². The molecule has 5 heteroatoms. The zero-order chi connectivity index (χ0) is 13.9. The van der Waals surface area contributed by atoms with Crippen LogP contribution in [0.3, 0.4) is 0 Å². The van der Waals surface area contributed by atoms with Crippen LogP contribution >= 0.6 is 0 Å². The maximum atomic E-state index is 12.8. The molecule has 100 valence electrons. The van der Waals surface area contributed by atoms with Crippen LogP contribution in [0.5, 0.6) is 11.5 Å². The second-order valence-corrected chi connectivity index (χ2v) is 3.91. The summed E-state index contributed by atoms with van der Waals surface area (Å²) in [6.45, 7) is 0.199. The van der Waals surface area contributed by atoms with Gasteiger partial charge in [-0.1, -0.05) is 30.3 Å². The summed E-state index contributed by atoms with van der Waals surface area (Å²) in [5.74, 6) is 0.109. The van der Waals surface area contributed by atoms with Gasteiger partial charge in [-0.05, 0) is 18.2 Å². The summed E-state index contributed by atoms with van der Waals surface area (Å²) in [5, 5.41) is 0. The van der Waals surface area contributed by atoms with Gasteiger partial charge in [0.05, 0.1) is 5.56 Å². The molecule has 0 aromatic heterocycles. The Hall–Kier alpha value is -2.01. The molecule has 0 aliphatic carbocycles. The molecule has 0 saturated heterocycles. The van der Waals surface area contributed by atoms with Gasteiger partial charge < -0.3 is 10.5 Å². The fourth-order valence-corrected chi connectivity index (χ4v) is 1.68. The van der Waals surface area contributed by atoms with Gasteiger partial charge in [0, 0.05) is 12.1 Å². The predicted molar refractivity (Wildman–Crippen MR) is 65.9 cm³/mol. The van der Waals surface area contributed by atoms with Crippen molar-refractivity contribution in [3.8, 4) is 11.5 Å². The Kier molecular flexibility index (Phi) is 3.76. The van der Waals surface area contributed by atoms with E-state index < -0.39 is 11.7 Å². The first-order valence-corrected chi connectivity index (χ1v) is 5.64. The highest BCUT2D eigenvalue weighted by molar-refractivity contribution is 5.42. The van der Waals surface area contributed by atoms with E-state index in [-0.39, 0.29) is 12.3 Å². The van der Waals surface area contributed by atoms with Crippen molar-refractivity contribution in [2.75, 3.05) is 0 Å². The lowest BCUT2D eigenvalue weighted by Gasteiger charge is -2.15. The Morgan fingerprint density at radius 1 is 0.895 bits per heavy atom. The highest BCUT2D eigenvalue weighted by Gasteiger charge is 2.34. The van der Waals surface area contributed by atoms with Crippen molar-refractivity contribution in [1.82, 2.24) is 0 Å².